The summed E-state index contributed by atoms with van der Waals surface area (Å²) in [5.74, 6) is 0.974. The van der Waals surface area contributed by atoms with E-state index in [1.54, 1.807) is 0 Å². The molecule has 0 aromatic rings. The van der Waals surface area contributed by atoms with Crippen molar-refractivity contribution in [3.05, 3.63) is 24.3 Å². The molecular formula is C11H14O. The summed E-state index contributed by atoms with van der Waals surface area (Å²) in [5.41, 5.74) is -0.116. The lowest BCUT2D eigenvalue weighted by molar-refractivity contribution is -0.124. The van der Waals surface area contributed by atoms with E-state index < -0.39 is 0 Å². The quantitative estimate of drug-likeness (QED) is 0.535. The predicted molar refractivity (Wildman–Crippen MR) is 48.7 cm³/mol. The van der Waals surface area contributed by atoms with Crippen LogP contribution in [0.25, 0.3) is 0 Å². The minimum Gasteiger partial charge on any atom is -0.299 e. The van der Waals surface area contributed by atoms with Crippen LogP contribution in [0.4, 0.5) is 0 Å². The lowest BCUT2D eigenvalue weighted by atomic mass is 9.73. The molecule has 0 aliphatic heterocycles. The molecule has 12 heavy (non-hydrogen) atoms. The Kier molecular flexibility index (Phi) is 1.67. The summed E-state index contributed by atoms with van der Waals surface area (Å²) in [7, 11) is 0. The third kappa shape index (κ3) is 0.889. The molecule has 0 heterocycles. The Morgan fingerprint density at radius 1 is 1.50 bits per heavy atom. The normalized spacial score (nSPS) is 39.8. The number of hydrogen-bond donors (Lipinski definition) is 0. The van der Waals surface area contributed by atoms with E-state index in [9.17, 15) is 4.79 Å². The standard InChI is InChI=1S/C11H14O/c1-9-5-6-10(12)11(9)7-3-2-4-8-11/h2-4,7,9H,5-6,8H2,1H3/t9-,11-/m1/s1. The van der Waals surface area contributed by atoms with Gasteiger partial charge in [-0.3, -0.25) is 4.79 Å². The van der Waals surface area contributed by atoms with Gasteiger partial charge in [-0.15, -0.1) is 0 Å². The zero-order valence-corrected chi connectivity index (χ0v) is 7.42. The maximum atomic E-state index is 11.7. The van der Waals surface area contributed by atoms with E-state index in [0.29, 0.717) is 11.7 Å². The number of allylic oxidation sites excluding steroid dienone is 4. The second kappa shape index (κ2) is 2.58. The fraction of sp³-hybridized carbons (Fsp3) is 0.545. The number of rotatable bonds is 0. The molecule has 0 amide bonds. The highest BCUT2D eigenvalue weighted by atomic mass is 16.1. The number of Topliss-reactive ketones (excluding diaryl/α,β-unsaturated/α-hetero) is 1. The Balaban J connectivity index is 2.34. The molecule has 1 spiro atoms. The average molecular weight is 162 g/mol. The van der Waals surface area contributed by atoms with Crippen molar-refractivity contribution in [2.45, 2.75) is 26.2 Å². The summed E-state index contributed by atoms with van der Waals surface area (Å²) in [6.07, 6.45) is 11.0. The molecule has 1 saturated carbocycles. The minimum absolute atomic E-state index is 0.116. The lowest BCUT2D eigenvalue weighted by Gasteiger charge is -2.28. The highest BCUT2D eigenvalue weighted by molar-refractivity contribution is 5.89. The van der Waals surface area contributed by atoms with Crippen molar-refractivity contribution < 1.29 is 4.79 Å². The summed E-state index contributed by atoms with van der Waals surface area (Å²) in [4.78, 5) is 11.7. The van der Waals surface area contributed by atoms with Gasteiger partial charge < -0.3 is 0 Å². The van der Waals surface area contributed by atoms with Gasteiger partial charge in [-0.1, -0.05) is 31.2 Å². The summed E-state index contributed by atoms with van der Waals surface area (Å²) in [6.45, 7) is 2.19. The van der Waals surface area contributed by atoms with E-state index in [1.807, 2.05) is 12.2 Å². The minimum atomic E-state index is -0.116. The highest BCUT2D eigenvalue weighted by Gasteiger charge is 2.44. The van der Waals surface area contributed by atoms with Crippen molar-refractivity contribution in [1.82, 2.24) is 0 Å². The molecule has 1 nitrogen and oxygen atoms in total. The van der Waals surface area contributed by atoms with Gasteiger partial charge in [-0.05, 0) is 18.8 Å². The lowest BCUT2D eigenvalue weighted by Crippen LogP contribution is -2.29. The van der Waals surface area contributed by atoms with Crippen LogP contribution in [0.1, 0.15) is 26.2 Å². The predicted octanol–water partition coefficient (Wildman–Crippen LogP) is 2.49. The van der Waals surface area contributed by atoms with Crippen molar-refractivity contribution in [1.29, 1.82) is 0 Å². The molecule has 2 aliphatic rings. The summed E-state index contributed by atoms with van der Waals surface area (Å²) in [6, 6.07) is 0. The highest BCUT2D eigenvalue weighted by Crippen LogP contribution is 2.45. The molecule has 2 atom stereocenters. The fourth-order valence-electron chi connectivity index (χ4n) is 2.32. The van der Waals surface area contributed by atoms with Crippen molar-refractivity contribution in [2.24, 2.45) is 11.3 Å². The Morgan fingerprint density at radius 3 is 2.83 bits per heavy atom. The second-order valence-electron chi connectivity index (χ2n) is 3.89. The molecule has 0 N–H and O–H groups in total. The zero-order chi connectivity index (χ0) is 8.60. The Bertz CT molecular complexity index is 262. The number of hydrogen-bond acceptors (Lipinski definition) is 1. The zero-order valence-electron chi connectivity index (χ0n) is 7.42. The van der Waals surface area contributed by atoms with Gasteiger partial charge in [-0.25, -0.2) is 0 Å². The van der Waals surface area contributed by atoms with Crippen molar-refractivity contribution in [2.75, 3.05) is 0 Å². The van der Waals surface area contributed by atoms with E-state index in [-0.39, 0.29) is 5.41 Å². The number of ketones is 1. The van der Waals surface area contributed by atoms with E-state index >= 15 is 0 Å². The van der Waals surface area contributed by atoms with Crippen molar-refractivity contribution >= 4 is 5.78 Å². The monoisotopic (exact) mass is 162 g/mol. The summed E-state index contributed by atoms with van der Waals surface area (Å²) >= 11 is 0. The van der Waals surface area contributed by atoms with Crippen LogP contribution in [0.5, 0.6) is 0 Å². The first kappa shape index (κ1) is 7.78. The molecule has 1 heteroatoms. The van der Waals surface area contributed by atoms with E-state index in [2.05, 4.69) is 19.1 Å². The van der Waals surface area contributed by atoms with Crippen LogP contribution in [0.3, 0.4) is 0 Å². The molecule has 0 aromatic heterocycles. The fourth-order valence-corrected chi connectivity index (χ4v) is 2.32. The molecule has 0 aromatic carbocycles. The number of carbonyl (C=O) groups is 1. The first-order chi connectivity index (χ1) is 5.76. The molecule has 2 aliphatic carbocycles. The van der Waals surface area contributed by atoms with E-state index in [1.165, 1.54) is 0 Å². The van der Waals surface area contributed by atoms with Crippen LogP contribution in [0, 0.1) is 11.3 Å². The van der Waals surface area contributed by atoms with Gasteiger partial charge >= 0.3 is 0 Å². The van der Waals surface area contributed by atoms with E-state index in [4.69, 9.17) is 0 Å². The maximum absolute atomic E-state index is 11.7. The van der Waals surface area contributed by atoms with Gasteiger partial charge in [0.25, 0.3) is 0 Å². The van der Waals surface area contributed by atoms with Crippen LogP contribution >= 0.6 is 0 Å². The number of carbonyl (C=O) groups excluding carboxylic acids is 1. The second-order valence-corrected chi connectivity index (χ2v) is 3.89. The van der Waals surface area contributed by atoms with E-state index in [0.717, 1.165) is 19.3 Å². The molecular weight excluding hydrogens is 148 g/mol. The molecule has 2 rings (SSSR count). The third-order valence-corrected chi connectivity index (χ3v) is 3.30. The van der Waals surface area contributed by atoms with Crippen LogP contribution in [-0.4, -0.2) is 5.78 Å². The largest absolute Gasteiger partial charge is 0.299 e. The Morgan fingerprint density at radius 2 is 2.33 bits per heavy atom. The topological polar surface area (TPSA) is 17.1 Å². The average Bonchev–Trinajstić information content (AvgIpc) is 2.36. The SMILES string of the molecule is C[C@@H]1CCC(=O)[C@@]12C=CC=CC2. The molecule has 1 fully saturated rings. The third-order valence-electron chi connectivity index (χ3n) is 3.30. The van der Waals surface area contributed by atoms with Gasteiger partial charge in [0.2, 0.25) is 0 Å². The van der Waals surface area contributed by atoms with Crippen LogP contribution in [0.2, 0.25) is 0 Å². The molecule has 0 radical (unpaired) electrons. The first-order valence-corrected chi connectivity index (χ1v) is 4.63. The Labute approximate surface area is 73.2 Å². The van der Waals surface area contributed by atoms with Crippen molar-refractivity contribution in [3.8, 4) is 0 Å². The van der Waals surface area contributed by atoms with Gasteiger partial charge in [0.05, 0.1) is 5.41 Å². The van der Waals surface area contributed by atoms with Crippen molar-refractivity contribution in [3.63, 3.8) is 0 Å². The summed E-state index contributed by atoms with van der Waals surface area (Å²) < 4.78 is 0. The molecule has 64 valence electrons. The summed E-state index contributed by atoms with van der Waals surface area (Å²) in [5, 5.41) is 0. The van der Waals surface area contributed by atoms with Gasteiger partial charge in [0, 0.05) is 6.42 Å². The van der Waals surface area contributed by atoms with Crippen LogP contribution in [-0.2, 0) is 4.79 Å². The maximum Gasteiger partial charge on any atom is 0.143 e. The molecule has 0 unspecified atom stereocenters. The van der Waals surface area contributed by atoms with Gasteiger partial charge in [0.15, 0.2) is 0 Å². The van der Waals surface area contributed by atoms with Gasteiger partial charge in [-0.2, -0.15) is 0 Å². The van der Waals surface area contributed by atoms with Crippen LogP contribution in [0.15, 0.2) is 24.3 Å². The van der Waals surface area contributed by atoms with Crippen LogP contribution < -0.4 is 0 Å². The smallest absolute Gasteiger partial charge is 0.143 e. The van der Waals surface area contributed by atoms with Gasteiger partial charge in [0.1, 0.15) is 5.78 Å². The Hall–Kier alpha value is -0.850. The first-order valence-electron chi connectivity index (χ1n) is 4.63. The molecule has 0 saturated heterocycles. The molecule has 0 bridgehead atoms.